The summed E-state index contributed by atoms with van der Waals surface area (Å²) in [7, 11) is 0. The summed E-state index contributed by atoms with van der Waals surface area (Å²) in [6.45, 7) is 2.67. The van der Waals surface area contributed by atoms with Crippen molar-refractivity contribution in [2.45, 2.75) is 19.3 Å². The van der Waals surface area contributed by atoms with E-state index in [0.717, 1.165) is 24.4 Å². The van der Waals surface area contributed by atoms with Crippen LogP contribution in [0, 0.1) is 0 Å². The van der Waals surface area contributed by atoms with E-state index in [0.29, 0.717) is 12.3 Å². The summed E-state index contributed by atoms with van der Waals surface area (Å²) in [4.78, 5) is 13.9. The molecule has 21 heavy (non-hydrogen) atoms. The molecule has 0 radical (unpaired) electrons. The predicted octanol–water partition coefficient (Wildman–Crippen LogP) is 1.35. The first-order valence-electron chi connectivity index (χ1n) is 7.25. The highest BCUT2D eigenvalue weighted by molar-refractivity contribution is 5.83. The molecule has 1 fully saturated rings. The molecule has 6 heteroatoms. The lowest BCUT2D eigenvalue weighted by Gasteiger charge is -2.25. The number of rotatable bonds is 4. The Balaban J connectivity index is 1.48. The average molecular weight is 289 g/mol. The first kappa shape index (κ1) is 13.9. The van der Waals surface area contributed by atoms with E-state index in [1.165, 1.54) is 19.3 Å². The molecule has 1 saturated heterocycles. The Morgan fingerprint density at radius 1 is 1.24 bits per heavy atom. The number of hydrogen-bond donors (Lipinski definition) is 1. The van der Waals surface area contributed by atoms with Gasteiger partial charge in [0.15, 0.2) is 11.5 Å². The van der Waals surface area contributed by atoms with Crippen molar-refractivity contribution >= 4 is 12.1 Å². The van der Waals surface area contributed by atoms with Gasteiger partial charge >= 0.3 is 0 Å². The van der Waals surface area contributed by atoms with Crippen LogP contribution in [0.2, 0.25) is 0 Å². The topological polar surface area (TPSA) is 63.2 Å². The van der Waals surface area contributed by atoms with Crippen LogP contribution in [-0.4, -0.2) is 43.4 Å². The third-order valence-corrected chi connectivity index (χ3v) is 3.62. The molecule has 6 nitrogen and oxygen atoms in total. The van der Waals surface area contributed by atoms with E-state index in [9.17, 15) is 4.79 Å². The van der Waals surface area contributed by atoms with Gasteiger partial charge in [-0.15, -0.1) is 0 Å². The average Bonchev–Trinajstić information content (AvgIpc) is 2.96. The number of amides is 1. The molecule has 2 aliphatic rings. The van der Waals surface area contributed by atoms with Gasteiger partial charge in [-0.3, -0.25) is 9.69 Å². The fourth-order valence-electron chi connectivity index (χ4n) is 2.53. The molecular weight excluding hydrogens is 270 g/mol. The van der Waals surface area contributed by atoms with Gasteiger partial charge < -0.3 is 9.47 Å². The van der Waals surface area contributed by atoms with Crippen LogP contribution < -0.4 is 14.9 Å². The van der Waals surface area contributed by atoms with Crippen molar-refractivity contribution in [3.05, 3.63) is 23.8 Å². The Labute approximate surface area is 123 Å². The minimum absolute atomic E-state index is 0.0751. The van der Waals surface area contributed by atoms with Crippen molar-refractivity contribution in [3.8, 4) is 11.5 Å². The number of hydrogen-bond acceptors (Lipinski definition) is 5. The number of nitrogens with zero attached hydrogens (tertiary/aromatic N) is 2. The lowest BCUT2D eigenvalue weighted by atomic mass is 10.1. The van der Waals surface area contributed by atoms with Crippen LogP contribution in [0.5, 0.6) is 11.5 Å². The molecule has 3 rings (SSSR count). The molecule has 0 aromatic heterocycles. The van der Waals surface area contributed by atoms with E-state index in [1.807, 2.05) is 18.2 Å². The lowest BCUT2D eigenvalue weighted by molar-refractivity contribution is -0.122. The monoisotopic (exact) mass is 289 g/mol. The second-order valence-corrected chi connectivity index (χ2v) is 5.24. The number of hydrazone groups is 1. The van der Waals surface area contributed by atoms with E-state index in [-0.39, 0.29) is 12.7 Å². The van der Waals surface area contributed by atoms with E-state index >= 15 is 0 Å². The standard InChI is InChI=1S/C15H19N3O3/c19-15(10-18-6-2-1-3-7-18)17-16-9-12-4-5-13-14(8-12)21-11-20-13/h4-5,8-9H,1-3,6-7,10-11H2,(H,17,19)/b16-9-. The molecule has 0 atom stereocenters. The van der Waals surface area contributed by atoms with Gasteiger partial charge in [-0.05, 0) is 49.7 Å². The van der Waals surface area contributed by atoms with E-state index < -0.39 is 0 Å². The summed E-state index contributed by atoms with van der Waals surface area (Å²) < 4.78 is 10.5. The zero-order chi connectivity index (χ0) is 14.5. The fourth-order valence-corrected chi connectivity index (χ4v) is 2.53. The number of likely N-dealkylation sites (tertiary alicyclic amines) is 1. The molecule has 0 aliphatic carbocycles. The molecule has 1 N–H and O–H groups in total. The zero-order valence-corrected chi connectivity index (χ0v) is 11.9. The van der Waals surface area contributed by atoms with Crippen molar-refractivity contribution in [1.82, 2.24) is 10.3 Å². The molecule has 112 valence electrons. The number of ether oxygens (including phenoxy) is 2. The number of benzene rings is 1. The molecule has 1 amide bonds. The minimum atomic E-state index is -0.0751. The molecule has 2 heterocycles. The smallest absolute Gasteiger partial charge is 0.254 e. The number of piperidine rings is 1. The van der Waals surface area contributed by atoms with Crippen LogP contribution in [0.15, 0.2) is 23.3 Å². The van der Waals surface area contributed by atoms with Crippen molar-refractivity contribution in [2.75, 3.05) is 26.4 Å². The van der Waals surface area contributed by atoms with Crippen LogP contribution in [-0.2, 0) is 4.79 Å². The van der Waals surface area contributed by atoms with Crippen LogP contribution in [0.4, 0.5) is 0 Å². The first-order chi connectivity index (χ1) is 10.3. The summed E-state index contributed by atoms with van der Waals surface area (Å²) in [6, 6.07) is 5.54. The van der Waals surface area contributed by atoms with Gasteiger partial charge in [0.25, 0.3) is 5.91 Å². The van der Waals surface area contributed by atoms with Crippen LogP contribution in [0.3, 0.4) is 0 Å². The Morgan fingerprint density at radius 3 is 2.90 bits per heavy atom. The second kappa shape index (κ2) is 6.58. The van der Waals surface area contributed by atoms with Crippen LogP contribution in [0.1, 0.15) is 24.8 Å². The number of fused-ring (bicyclic) bond motifs is 1. The molecular formula is C15H19N3O3. The quantitative estimate of drug-likeness (QED) is 0.671. The van der Waals surface area contributed by atoms with Crippen molar-refractivity contribution in [1.29, 1.82) is 0 Å². The van der Waals surface area contributed by atoms with Crippen molar-refractivity contribution in [3.63, 3.8) is 0 Å². The Kier molecular flexibility index (Phi) is 4.35. The highest BCUT2D eigenvalue weighted by atomic mass is 16.7. The second-order valence-electron chi connectivity index (χ2n) is 5.24. The molecule has 2 aliphatic heterocycles. The van der Waals surface area contributed by atoms with Gasteiger partial charge in [0.1, 0.15) is 0 Å². The van der Waals surface area contributed by atoms with E-state index in [4.69, 9.17) is 9.47 Å². The minimum Gasteiger partial charge on any atom is -0.454 e. The molecule has 0 spiro atoms. The van der Waals surface area contributed by atoms with Gasteiger partial charge in [-0.25, -0.2) is 5.43 Å². The molecule has 1 aromatic rings. The molecule has 1 aromatic carbocycles. The van der Waals surface area contributed by atoms with E-state index in [1.54, 1.807) is 6.21 Å². The first-order valence-corrected chi connectivity index (χ1v) is 7.25. The van der Waals surface area contributed by atoms with Gasteiger partial charge in [0.05, 0.1) is 12.8 Å². The van der Waals surface area contributed by atoms with Crippen molar-refractivity contribution in [2.24, 2.45) is 5.10 Å². The molecule has 0 unspecified atom stereocenters. The third-order valence-electron chi connectivity index (χ3n) is 3.62. The van der Waals surface area contributed by atoms with Crippen LogP contribution in [0.25, 0.3) is 0 Å². The summed E-state index contributed by atoms with van der Waals surface area (Å²) >= 11 is 0. The maximum absolute atomic E-state index is 11.8. The van der Waals surface area contributed by atoms with Gasteiger partial charge in [-0.1, -0.05) is 6.42 Å². The Bertz CT molecular complexity index is 539. The van der Waals surface area contributed by atoms with Crippen LogP contribution >= 0.6 is 0 Å². The summed E-state index contributed by atoms with van der Waals surface area (Å²) in [5.41, 5.74) is 3.42. The van der Waals surface area contributed by atoms with Gasteiger partial charge in [0.2, 0.25) is 6.79 Å². The summed E-state index contributed by atoms with van der Waals surface area (Å²) in [5, 5.41) is 3.98. The zero-order valence-electron chi connectivity index (χ0n) is 11.9. The molecule has 0 bridgehead atoms. The highest BCUT2D eigenvalue weighted by Gasteiger charge is 2.14. The maximum Gasteiger partial charge on any atom is 0.254 e. The van der Waals surface area contributed by atoms with Gasteiger partial charge in [0, 0.05) is 0 Å². The normalized spacial score (nSPS) is 18.1. The Morgan fingerprint density at radius 2 is 2.05 bits per heavy atom. The maximum atomic E-state index is 11.8. The highest BCUT2D eigenvalue weighted by Crippen LogP contribution is 2.31. The largest absolute Gasteiger partial charge is 0.454 e. The lowest BCUT2D eigenvalue weighted by Crippen LogP contribution is -2.38. The Hall–Kier alpha value is -2.08. The van der Waals surface area contributed by atoms with E-state index in [2.05, 4.69) is 15.4 Å². The number of nitrogens with one attached hydrogen (secondary N) is 1. The molecule has 0 saturated carbocycles. The third kappa shape index (κ3) is 3.72. The van der Waals surface area contributed by atoms with Crippen molar-refractivity contribution < 1.29 is 14.3 Å². The predicted molar refractivity (Wildman–Crippen MR) is 78.6 cm³/mol. The SMILES string of the molecule is O=C(CN1CCCCC1)N/N=C\c1ccc2c(c1)OCO2. The fraction of sp³-hybridized carbons (Fsp3) is 0.467. The number of carbonyl (C=O) groups excluding carboxylic acids is 1. The summed E-state index contributed by atoms with van der Waals surface area (Å²) in [6.07, 6.45) is 5.22. The summed E-state index contributed by atoms with van der Waals surface area (Å²) in [5.74, 6) is 1.37. The number of carbonyl (C=O) groups is 1. The van der Waals surface area contributed by atoms with Gasteiger partial charge in [-0.2, -0.15) is 5.10 Å².